The summed E-state index contributed by atoms with van der Waals surface area (Å²) in [5, 5.41) is 13.2. The van der Waals surface area contributed by atoms with E-state index >= 15 is 0 Å². The Morgan fingerprint density at radius 2 is 2.06 bits per heavy atom. The van der Waals surface area contributed by atoms with Crippen molar-refractivity contribution in [2.24, 2.45) is 5.92 Å². The molecular formula is C12H13FN2O3. The van der Waals surface area contributed by atoms with Crippen LogP contribution in [0.3, 0.4) is 0 Å². The maximum absolute atomic E-state index is 13.1. The van der Waals surface area contributed by atoms with Gasteiger partial charge in [0.25, 0.3) is 0 Å². The maximum atomic E-state index is 13.1. The first-order valence-electron chi connectivity index (χ1n) is 5.83. The number of nitrogens with one attached hydrogen (secondary N) is 1. The Balaban J connectivity index is 2.11. The fraction of sp³-hybridized carbons (Fsp3) is 0.417. The Labute approximate surface area is 103 Å². The highest BCUT2D eigenvalue weighted by Crippen LogP contribution is 2.27. The van der Waals surface area contributed by atoms with Crippen LogP contribution in [0.1, 0.15) is 25.7 Å². The topological polar surface area (TPSA) is 72.2 Å². The molecule has 1 saturated carbocycles. The van der Waals surface area contributed by atoms with Gasteiger partial charge in [0.1, 0.15) is 0 Å². The summed E-state index contributed by atoms with van der Waals surface area (Å²) in [5.41, 5.74) is -0.362. The predicted molar refractivity (Wildman–Crippen MR) is 63.6 cm³/mol. The summed E-state index contributed by atoms with van der Waals surface area (Å²) < 4.78 is 13.1. The summed E-state index contributed by atoms with van der Waals surface area (Å²) in [6, 6.07) is 3.36. The molecule has 0 saturated heterocycles. The Hall–Kier alpha value is -1.98. The monoisotopic (exact) mass is 252 g/mol. The van der Waals surface area contributed by atoms with Crippen LogP contribution in [-0.4, -0.2) is 10.8 Å². The Kier molecular flexibility index (Phi) is 3.55. The number of nitrogens with zero attached hydrogens (tertiary/aromatic N) is 1. The highest BCUT2D eigenvalue weighted by Gasteiger charge is 2.23. The van der Waals surface area contributed by atoms with E-state index in [1.54, 1.807) is 0 Å². The van der Waals surface area contributed by atoms with Crippen molar-refractivity contribution < 1.29 is 14.1 Å². The fourth-order valence-electron chi connectivity index (χ4n) is 2.16. The summed E-state index contributed by atoms with van der Waals surface area (Å²) in [5.74, 6) is -1.08. The van der Waals surface area contributed by atoms with Crippen LogP contribution >= 0.6 is 0 Å². The number of hydrogen-bond donors (Lipinski definition) is 1. The molecule has 0 spiro atoms. The normalized spacial score (nSPS) is 15.6. The van der Waals surface area contributed by atoms with Gasteiger partial charge in [-0.15, -0.1) is 0 Å². The van der Waals surface area contributed by atoms with Crippen molar-refractivity contribution in [2.75, 3.05) is 5.32 Å². The largest absolute Gasteiger partial charge is 0.326 e. The van der Waals surface area contributed by atoms with Gasteiger partial charge >= 0.3 is 5.69 Å². The second-order valence-corrected chi connectivity index (χ2v) is 4.39. The first kappa shape index (κ1) is 12.5. The number of amides is 1. The highest BCUT2D eigenvalue weighted by molar-refractivity contribution is 5.92. The molecule has 0 bridgehead atoms. The van der Waals surface area contributed by atoms with Crippen LogP contribution in [0.2, 0.25) is 0 Å². The predicted octanol–water partition coefficient (Wildman–Crippen LogP) is 2.86. The molecule has 1 aliphatic carbocycles. The molecule has 1 aromatic carbocycles. The lowest BCUT2D eigenvalue weighted by molar-refractivity contribution is -0.387. The molecule has 0 unspecified atom stereocenters. The lowest BCUT2D eigenvalue weighted by Crippen LogP contribution is -2.20. The molecule has 0 atom stereocenters. The number of nitro groups is 1. The lowest BCUT2D eigenvalue weighted by atomic mass is 10.1. The highest BCUT2D eigenvalue weighted by atomic mass is 19.1. The number of anilines is 1. The van der Waals surface area contributed by atoms with Crippen molar-refractivity contribution in [1.82, 2.24) is 0 Å². The first-order valence-corrected chi connectivity index (χ1v) is 5.83. The van der Waals surface area contributed by atoms with Crippen molar-refractivity contribution in [1.29, 1.82) is 0 Å². The number of halogens is 1. The molecule has 1 N–H and O–H groups in total. The van der Waals surface area contributed by atoms with Gasteiger partial charge in [0.05, 0.1) is 4.92 Å². The fourth-order valence-corrected chi connectivity index (χ4v) is 2.16. The van der Waals surface area contributed by atoms with Gasteiger partial charge in [-0.05, 0) is 25.0 Å². The molecule has 1 aliphatic rings. The SMILES string of the molecule is O=C(Nc1ccc(F)c([N+](=O)[O-])c1)C1CCCC1. The van der Waals surface area contributed by atoms with E-state index in [4.69, 9.17) is 0 Å². The second kappa shape index (κ2) is 5.12. The van der Waals surface area contributed by atoms with Crippen LogP contribution < -0.4 is 5.32 Å². The Morgan fingerprint density at radius 1 is 1.39 bits per heavy atom. The van der Waals surface area contributed by atoms with Crippen LogP contribution in [-0.2, 0) is 4.79 Å². The third-order valence-corrected chi connectivity index (χ3v) is 3.14. The molecule has 0 radical (unpaired) electrons. The molecule has 5 nitrogen and oxygen atoms in total. The first-order chi connectivity index (χ1) is 8.58. The van der Waals surface area contributed by atoms with Gasteiger partial charge in [0, 0.05) is 17.7 Å². The minimum atomic E-state index is -0.904. The average Bonchev–Trinajstić information content (AvgIpc) is 2.85. The number of nitro benzene ring substituents is 1. The van der Waals surface area contributed by atoms with Gasteiger partial charge < -0.3 is 5.32 Å². The molecular weight excluding hydrogens is 239 g/mol. The zero-order chi connectivity index (χ0) is 13.1. The Morgan fingerprint density at radius 3 is 2.67 bits per heavy atom. The lowest BCUT2D eigenvalue weighted by Gasteiger charge is -2.10. The molecule has 0 aliphatic heterocycles. The third kappa shape index (κ3) is 2.64. The molecule has 18 heavy (non-hydrogen) atoms. The summed E-state index contributed by atoms with van der Waals surface area (Å²) >= 11 is 0. The summed E-state index contributed by atoms with van der Waals surface area (Å²) in [4.78, 5) is 21.6. The third-order valence-electron chi connectivity index (χ3n) is 3.14. The second-order valence-electron chi connectivity index (χ2n) is 4.39. The van der Waals surface area contributed by atoms with Gasteiger partial charge in [-0.1, -0.05) is 12.8 Å². The van der Waals surface area contributed by atoms with E-state index in [1.807, 2.05) is 0 Å². The molecule has 6 heteroatoms. The van der Waals surface area contributed by atoms with E-state index in [-0.39, 0.29) is 17.5 Å². The zero-order valence-corrected chi connectivity index (χ0v) is 9.69. The minimum Gasteiger partial charge on any atom is -0.326 e. The molecule has 1 fully saturated rings. The number of benzene rings is 1. The van der Waals surface area contributed by atoms with E-state index in [9.17, 15) is 19.3 Å². The van der Waals surface area contributed by atoms with Gasteiger partial charge in [0.2, 0.25) is 11.7 Å². The summed E-state index contributed by atoms with van der Waals surface area (Å²) in [6.45, 7) is 0. The van der Waals surface area contributed by atoms with Crippen LogP contribution in [0.15, 0.2) is 18.2 Å². The number of carbonyl (C=O) groups is 1. The van der Waals surface area contributed by atoms with E-state index in [1.165, 1.54) is 6.07 Å². The molecule has 0 aromatic heterocycles. The summed E-state index contributed by atoms with van der Waals surface area (Å²) in [6.07, 6.45) is 3.74. The standard InChI is InChI=1S/C12H13FN2O3/c13-10-6-5-9(7-11(10)15(17)18)14-12(16)8-3-1-2-4-8/h5-8H,1-4H2,(H,14,16). The van der Waals surface area contributed by atoms with E-state index in [0.29, 0.717) is 0 Å². The van der Waals surface area contributed by atoms with Crippen molar-refractivity contribution in [3.63, 3.8) is 0 Å². The van der Waals surface area contributed by atoms with Crippen molar-refractivity contribution in [3.05, 3.63) is 34.1 Å². The van der Waals surface area contributed by atoms with E-state index in [2.05, 4.69) is 5.32 Å². The van der Waals surface area contributed by atoms with Crippen LogP contribution in [0.4, 0.5) is 15.8 Å². The van der Waals surface area contributed by atoms with Gasteiger partial charge in [0.15, 0.2) is 0 Å². The molecule has 0 heterocycles. The quantitative estimate of drug-likeness (QED) is 0.664. The minimum absolute atomic E-state index is 0.0332. The number of carbonyl (C=O) groups excluding carboxylic acids is 1. The number of hydrogen-bond acceptors (Lipinski definition) is 3. The molecule has 1 aromatic rings. The van der Waals surface area contributed by atoms with E-state index < -0.39 is 16.4 Å². The summed E-state index contributed by atoms with van der Waals surface area (Å²) in [7, 11) is 0. The van der Waals surface area contributed by atoms with Crippen LogP contribution in [0.5, 0.6) is 0 Å². The van der Waals surface area contributed by atoms with Crippen molar-refractivity contribution in [2.45, 2.75) is 25.7 Å². The smallest absolute Gasteiger partial charge is 0.306 e. The average molecular weight is 252 g/mol. The van der Waals surface area contributed by atoms with Crippen LogP contribution in [0, 0.1) is 21.8 Å². The van der Waals surface area contributed by atoms with E-state index in [0.717, 1.165) is 37.8 Å². The van der Waals surface area contributed by atoms with Gasteiger partial charge in [-0.25, -0.2) is 0 Å². The molecule has 96 valence electrons. The number of rotatable bonds is 3. The van der Waals surface area contributed by atoms with Crippen LogP contribution in [0.25, 0.3) is 0 Å². The maximum Gasteiger partial charge on any atom is 0.306 e. The van der Waals surface area contributed by atoms with Crippen molar-refractivity contribution in [3.8, 4) is 0 Å². The van der Waals surface area contributed by atoms with Gasteiger partial charge in [-0.3, -0.25) is 14.9 Å². The Bertz CT molecular complexity index is 484. The molecule has 2 rings (SSSR count). The molecule has 1 amide bonds. The van der Waals surface area contributed by atoms with Crippen molar-refractivity contribution >= 4 is 17.3 Å². The van der Waals surface area contributed by atoms with Gasteiger partial charge in [-0.2, -0.15) is 4.39 Å². The zero-order valence-electron chi connectivity index (χ0n) is 9.69.